The average Bonchev–Trinajstić information content (AvgIpc) is 3.13. The number of hydrogen-bond donors (Lipinski definition) is 1. The normalized spacial score (nSPS) is 11.8. The molecule has 0 fully saturated rings. The van der Waals surface area contributed by atoms with Crippen LogP contribution < -0.4 is 10.1 Å². The number of hydrogen-bond acceptors (Lipinski definition) is 5. The molecule has 0 unspecified atom stereocenters. The maximum absolute atomic E-state index is 12.9. The summed E-state index contributed by atoms with van der Waals surface area (Å²) in [7, 11) is -1.69. The first kappa shape index (κ1) is 25.7. The van der Waals surface area contributed by atoms with E-state index in [4.69, 9.17) is 4.74 Å². The number of rotatable bonds is 11. The molecule has 34 heavy (non-hydrogen) atoms. The van der Waals surface area contributed by atoms with Gasteiger partial charge < -0.3 is 14.6 Å². The van der Waals surface area contributed by atoms with Gasteiger partial charge in [0.1, 0.15) is 11.6 Å². The molecule has 0 saturated carbocycles. The third-order valence-electron chi connectivity index (χ3n) is 5.74. The van der Waals surface area contributed by atoms with Crippen LogP contribution in [-0.2, 0) is 28.3 Å². The molecular weight excluding hydrogens is 452 g/mol. The van der Waals surface area contributed by atoms with Gasteiger partial charge in [0.05, 0.1) is 28.2 Å². The molecular formula is C25H34N4O4S. The lowest BCUT2D eigenvalue weighted by Crippen LogP contribution is -2.30. The fourth-order valence-corrected chi connectivity index (χ4v) is 5.31. The molecule has 9 heteroatoms. The number of carbonyl (C=O) groups is 1. The van der Waals surface area contributed by atoms with Gasteiger partial charge in [0, 0.05) is 33.0 Å². The van der Waals surface area contributed by atoms with E-state index in [1.165, 1.54) is 4.31 Å². The topological polar surface area (TPSA) is 93.5 Å². The van der Waals surface area contributed by atoms with Crippen LogP contribution in [0.15, 0.2) is 41.3 Å². The van der Waals surface area contributed by atoms with Gasteiger partial charge in [-0.1, -0.05) is 26.8 Å². The highest BCUT2D eigenvalue weighted by molar-refractivity contribution is 7.89. The molecule has 0 saturated heterocycles. The van der Waals surface area contributed by atoms with E-state index in [9.17, 15) is 13.2 Å². The van der Waals surface area contributed by atoms with Gasteiger partial charge in [-0.05, 0) is 49.2 Å². The zero-order valence-corrected chi connectivity index (χ0v) is 21.4. The summed E-state index contributed by atoms with van der Waals surface area (Å²) in [4.78, 5) is 17.5. The van der Waals surface area contributed by atoms with E-state index in [2.05, 4.69) is 10.3 Å². The number of nitrogens with zero attached hydrogens (tertiary/aromatic N) is 3. The van der Waals surface area contributed by atoms with Gasteiger partial charge in [-0.2, -0.15) is 4.31 Å². The quantitative estimate of drug-likeness (QED) is 0.437. The minimum Gasteiger partial charge on any atom is -0.491 e. The summed E-state index contributed by atoms with van der Waals surface area (Å²) < 4.78 is 34.8. The molecule has 0 radical (unpaired) electrons. The van der Waals surface area contributed by atoms with Gasteiger partial charge in [-0.3, -0.25) is 4.79 Å². The standard InChI is InChI=1S/C25H34N4O4S/c1-6-15-33-23-16-18(4)9-11-20(23)27-25(30)14-13-24-26-21-17-19(10-12-22(21)28(24)5)34(31,32)29(7-2)8-3/h9-12,16-17H,6-8,13-15H2,1-5H3,(H,27,30). The summed E-state index contributed by atoms with van der Waals surface area (Å²) in [5.74, 6) is 1.25. The van der Waals surface area contributed by atoms with Crippen molar-refractivity contribution < 1.29 is 17.9 Å². The van der Waals surface area contributed by atoms with Gasteiger partial charge in [0.15, 0.2) is 0 Å². The molecule has 8 nitrogen and oxygen atoms in total. The maximum Gasteiger partial charge on any atom is 0.243 e. The number of aryl methyl sites for hydroxylation is 3. The average molecular weight is 487 g/mol. The van der Waals surface area contributed by atoms with E-state index in [1.807, 2.05) is 57.5 Å². The van der Waals surface area contributed by atoms with Crippen molar-refractivity contribution in [3.05, 3.63) is 47.8 Å². The van der Waals surface area contributed by atoms with Crippen LogP contribution in [0, 0.1) is 6.92 Å². The summed E-state index contributed by atoms with van der Waals surface area (Å²) in [5.41, 5.74) is 3.13. The summed E-state index contributed by atoms with van der Waals surface area (Å²) in [6.45, 7) is 9.05. The van der Waals surface area contributed by atoms with Gasteiger partial charge in [0.2, 0.25) is 15.9 Å². The fraction of sp³-hybridized carbons (Fsp3) is 0.440. The van der Waals surface area contributed by atoms with Crippen molar-refractivity contribution in [2.45, 2.75) is 51.9 Å². The zero-order chi connectivity index (χ0) is 24.9. The van der Waals surface area contributed by atoms with Crippen LogP contribution in [0.2, 0.25) is 0 Å². The second-order valence-corrected chi connectivity index (χ2v) is 10.2. The number of aromatic nitrogens is 2. The van der Waals surface area contributed by atoms with Crippen LogP contribution in [0.3, 0.4) is 0 Å². The predicted octanol–water partition coefficient (Wildman–Crippen LogP) is 4.27. The Morgan fingerprint density at radius 1 is 1.12 bits per heavy atom. The highest BCUT2D eigenvalue weighted by Crippen LogP contribution is 2.27. The molecule has 3 aromatic rings. The number of anilines is 1. The Hall–Kier alpha value is -2.91. The van der Waals surface area contributed by atoms with Crippen molar-refractivity contribution in [3.63, 3.8) is 0 Å². The Bertz CT molecular complexity index is 1260. The Kier molecular flexibility index (Phi) is 8.33. The zero-order valence-electron chi connectivity index (χ0n) is 20.6. The third-order valence-corrected chi connectivity index (χ3v) is 7.78. The minimum atomic E-state index is -3.56. The number of benzene rings is 2. The molecule has 1 heterocycles. The van der Waals surface area contributed by atoms with E-state index in [1.54, 1.807) is 18.2 Å². The smallest absolute Gasteiger partial charge is 0.243 e. The number of imidazole rings is 1. The van der Waals surface area contributed by atoms with Gasteiger partial charge >= 0.3 is 0 Å². The van der Waals surface area contributed by atoms with E-state index in [0.717, 1.165) is 17.5 Å². The molecule has 1 aromatic heterocycles. The number of carbonyl (C=O) groups excluding carboxylic acids is 1. The first-order valence-electron chi connectivity index (χ1n) is 11.7. The molecule has 0 bridgehead atoms. The monoisotopic (exact) mass is 486 g/mol. The van der Waals surface area contributed by atoms with Crippen LogP contribution >= 0.6 is 0 Å². The Balaban J connectivity index is 1.75. The van der Waals surface area contributed by atoms with E-state index >= 15 is 0 Å². The Morgan fingerprint density at radius 3 is 2.53 bits per heavy atom. The highest BCUT2D eigenvalue weighted by Gasteiger charge is 2.23. The van der Waals surface area contributed by atoms with Crippen LogP contribution in [0.25, 0.3) is 11.0 Å². The Morgan fingerprint density at radius 2 is 1.85 bits per heavy atom. The van der Waals surface area contributed by atoms with Crippen molar-refractivity contribution in [3.8, 4) is 5.75 Å². The molecule has 0 atom stereocenters. The van der Waals surface area contributed by atoms with Gasteiger partial charge in [-0.25, -0.2) is 13.4 Å². The summed E-state index contributed by atoms with van der Waals surface area (Å²) in [6, 6.07) is 10.7. The highest BCUT2D eigenvalue weighted by atomic mass is 32.2. The van der Waals surface area contributed by atoms with Gasteiger partial charge in [-0.15, -0.1) is 0 Å². The second-order valence-electron chi connectivity index (χ2n) is 8.22. The number of amides is 1. The van der Waals surface area contributed by atoms with Crippen molar-refractivity contribution in [2.75, 3.05) is 25.0 Å². The van der Waals surface area contributed by atoms with E-state index < -0.39 is 10.0 Å². The van der Waals surface area contributed by atoms with Crippen molar-refractivity contribution in [2.24, 2.45) is 7.05 Å². The van der Waals surface area contributed by atoms with Crippen molar-refractivity contribution >= 4 is 32.7 Å². The number of ether oxygens (including phenoxy) is 1. The molecule has 1 amide bonds. The number of sulfonamides is 1. The van der Waals surface area contributed by atoms with E-state index in [-0.39, 0.29) is 17.2 Å². The summed E-state index contributed by atoms with van der Waals surface area (Å²) >= 11 is 0. The van der Waals surface area contributed by atoms with Crippen LogP contribution in [0.1, 0.15) is 45.0 Å². The lowest BCUT2D eigenvalue weighted by Gasteiger charge is -2.18. The number of nitrogens with one attached hydrogen (secondary N) is 1. The SMILES string of the molecule is CCCOc1cc(C)ccc1NC(=O)CCc1nc2cc(S(=O)(=O)N(CC)CC)ccc2n1C. The largest absolute Gasteiger partial charge is 0.491 e. The van der Waals surface area contributed by atoms with Gasteiger partial charge in [0.25, 0.3) is 0 Å². The van der Waals surface area contributed by atoms with E-state index in [0.29, 0.717) is 48.9 Å². The fourth-order valence-electron chi connectivity index (χ4n) is 3.83. The molecule has 0 aliphatic rings. The summed E-state index contributed by atoms with van der Waals surface area (Å²) in [6.07, 6.45) is 1.54. The molecule has 0 aliphatic heterocycles. The first-order chi connectivity index (χ1) is 16.2. The molecule has 3 rings (SSSR count). The minimum absolute atomic E-state index is 0.137. The molecule has 0 aliphatic carbocycles. The predicted molar refractivity (Wildman–Crippen MR) is 135 cm³/mol. The second kappa shape index (κ2) is 11.0. The lowest BCUT2D eigenvalue weighted by molar-refractivity contribution is -0.116. The maximum atomic E-state index is 12.9. The first-order valence-corrected chi connectivity index (χ1v) is 13.1. The van der Waals surface area contributed by atoms with Crippen molar-refractivity contribution in [1.29, 1.82) is 0 Å². The summed E-state index contributed by atoms with van der Waals surface area (Å²) in [5, 5.41) is 2.94. The Labute approximate surface area is 202 Å². The lowest BCUT2D eigenvalue weighted by atomic mass is 10.2. The molecule has 184 valence electrons. The van der Waals surface area contributed by atoms with Crippen LogP contribution in [0.5, 0.6) is 5.75 Å². The van der Waals surface area contributed by atoms with Crippen LogP contribution in [-0.4, -0.2) is 47.9 Å². The van der Waals surface area contributed by atoms with Crippen molar-refractivity contribution in [1.82, 2.24) is 13.9 Å². The molecule has 0 spiro atoms. The third kappa shape index (κ3) is 5.59. The number of fused-ring (bicyclic) bond motifs is 1. The molecule has 2 aromatic carbocycles. The van der Waals surface area contributed by atoms with Crippen LogP contribution in [0.4, 0.5) is 5.69 Å². The molecule has 1 N–H and O–H groups in total.